The minimum Gasteiger partial charge on any atom is -0.493 e. The van der Waals surface area contributed by atoms with E-state index in [2.05, 4.69) is 15.3 Å². The van der Waals surface area contributed by atoms with Gasteiger partial charge in [-0.2, -0.15) is 13.2 Å². The van der Waals surface area contributed by atoms with E-state index >= 15 is 0 Å². The number of alkyl halides is 3. The third kappa shape index (κ3) is 4.13. The second-order valence-electron chi connectivity index (χ2n) is 5.73. The molecule has 1 amide bonds. The number of ether oxygens (including phenoxy) is 2. The summed E-state index contributed by atoms with van der Waals surface area (Å²) in [5.74, 6) is -0.350. The van der Waals surface area contributed by atoms with Crippen molar-refractivity contribution >= 4 is 22.6 Å². The molecule has 0 aliphatic carbocycles. The Morgan fingerprint density at radius 2 is 1.85 bits per heavy atom. The van der Waals surface area contributed by atoms with Gasteiger partial charge in [0.25, 0.3) is 0 Å². The average Bonchev–Trinajstić information content (AvgIpc) is 3.05. The number of aromatic amines is 1. The third-order valence-corrected chi connectivity index (χ3v) is 3.85. The Morgan fingerprint density at radius 3 is 2.52 bits per heavy atom. The highest BCUT2D eigenvalue weighted by atomic mass is 19.4. The van der Waals surface area contributed by atoms with Gasteiger partial charge < -0.3 is 19.8 Å². The number of carbonyl (C=O) groups is 1. The van der Waals surface area contributed by atoms with Crippen LogP contribution >= 0.6 is 0 Å². The molecule has 142 valence electrons. The van der Waals surface area contributed by atoms with Crippen LogP contribution in [-0.2, 0) is 17.4 Å². The lowest BCUT2D eigenvalue weighted by atomic mass is 10.1. The summed E-state index contributed by atoms with van der Waals surface area (Å²) in [5.41, 5.74) is 1.42. The zero-order valence-corrected chi connectivity index (χ0v) is 14.5. The van der Waals surface area contributed by atoms with Gasteiger partial charge in [-0.05, 0) is 35.9 Å². The summed E-state index contributed by atoms with van der Waals surface area (Å²) >= 11 is 0. The van der Waals surface area contributed by atoms with E-state index in [0.717, 1.165) is 0 Å². The highest BCUT2D eigenvalue weighted by molar-refractivity contribution is 5.94. The van der Waals surface area contributed by atoms with E-state index < -0.39 is 12.0 Å². The number of nitrogens with zero attached hydrogens (tertiary/aromatic N) is 1. The predicted octanol–water partition coefficient (Wildman–Crippen LogP) is 3.78. The zero-order chi connectivity index (χ0) is 19.6. The minimum atomic E-state index is -4.56. The van der Waals surface area contributed by atoms with Crippen LogP contribution in [0.25, 0.3) is 11.0 Å². The first-order valence-corrected chi connectivity index (χ1v) is 7.88. The summed E-state index contributed by atoms with van der Waals surface area (Å²) in [7, 11) is 3.01. The van der Waals surface area contributed by atoms with Gasteiger partial charge in [-0.15, -0.1) is 0 Å². The fourth-order valence-corrected chi connectivity index (χ4v) is 2.60. The van der Waals surface area contributed by atoms with Crippen LogP contribution in [0.5, 0.6) is 11.5 Å². The molecule has 0 aliphatic rings. The molecule has 0 unspecified atom stereocenters. The number of imidazole rings is 1. The summed E-state index contributed by atoms with van der Waals surface area (Å²) in [4.78, 5) is 17.9. The Hall–Kier alpha value is -3.23. The van der Waals surface area contributed by atoms with Crippen LogP contribution in [0.1, 0.15) is 11.4 Å². The fraction of sp³-hybridized carbons (Fsp3) is 0.222. The monoisotopic (exact) mass is 379 g/mol. The number of nitrogens with one attached hydrogen (secondary N) is 2. The third-order valence-electron chi connectivity index (χ3n) is 3.85. The van der Waals surface area contributed by atoms with Gasteiger partial charge in [-0.3, -0.25) is 4.79 Å². The highest BCUT2D eigenvalue weighted by Gasteiger charge is 2.34. The number of hydrogen-bond donors (Lipinski definition) is 2. The Labute approximate surface area is 152 Å². The molecule has 1 aromatic heterocycles. The largest absolute Gasteiger partial charge is 0.493 e. The molecule has 0 spiro atoms. The molecule has 27 heavy (non-hydrogen) atoms. The van der Waals surface area contributed by atoms with Crippen LogP contribution in [0.4, 0.5) is 18.9 Å². The molecule has 0 radical (unpaired) electrons. The maximum absolute atomic E-state index is 12.7. The highest BCUT2D eigenvalue weighted by Crippen LogP contribution is 2.30. The van der Waals surface area contributed by atoms with Gasteiger partial charge in [0.2, 0.25) is 11.7 Å². The van der Waals surface area contributed by atoms with E-state index in [1.54, 1.807) is 18.2 Å². The number of amides is 1. The molecule has 0 fully saturated rings. The summed E-state index contributed by atoms with van der Waals surface area (Å²) in [6.45, 7) is 0. The number of fused-ring (bicyclic) bond motifs is 1. The average molecular weight is 379 g/mol. The van der Waals surface area contributed by atoms with Gasteiger partial charge in [-0.25, -0.2) is 4.98 Å². The summed E-state index contributed by atoms with van der Waals surface area (Å²) < 4.78 is 48.5. The van der Waals surface area contributed by atoms with E-state index in [1.807, 2.05) is 0 Å². The SMILES string of the molecule is COc1ccc(CC(=O)Nc2ccc3nc(C(F)(F)F)[nH]c3c2)cc1OC. The van der Waals surface area contributed by atoms with E-state index in [-0.39, 0.29) is 23.4 Å². The second-order valence-corrected chi connectivity index (χ2v) is 5.73. The van der Waals surface area contributed by atoms with Crippen molar-refractivity contribution in [2.75, 3.05) is 19.5 Å². The zero-order valence-electron chi connectivity index (χ0n) is 14.5. The summed E-state index contributed by atoms with van der Waals surface area (Å²) in [6.07, 6.45) is -4.50. The lowest BCUT2D eigenvalue weighted by molar-refractivity contribution is -0.144. The molecule has 3 aromatic rings. The van der Waals surface area contributed by atoms with Gasteiger partial charge >= 0.3 is 6.18 Å². The molecular weight excluding hydrogens is 363 g/mol. The van der Waals surface area contributed by atoms with Crippen molar-refractivity contribution in [3.8, 4) is 11.5 Å². The van der Waals surface area contributed by atoms with Crippen molar-refractivity contribution in [3.63, 3.8) is 0 Å². The van der Waals surface area contributed by atoms with Crippen LogP contribution in [-0.4, -0.2) is 30.1 Å². The maximum atomic E-state index is 12.7. The number of anilines is 1. The van der Waals surface area contributed by atoms with Crippen molar-refractivity contribution in [2.45, 2.75) is 12.6 Å². The van der Waals surface area contributed by atoms with Crippen LogP contribution < -0.4 is 14.8 Å². The normalized spacial score (nSPS) is 11.4. The second kappa shape index (κ2) is 7.18. The molecule has 9 heteroatoms. The quantitative estimate of drug-likeness (QED) is 0.707. The molecule has 3 rings (SSSR count). The van der Waals surface area contributed by atoms with Gasteiger partial charge in [0.1, 0.15) is 0 Å². The number of H-pyrrole nitrogens is 1. The number of methoxy groups -OCH3 is 2. The van der Waals surface area contributed by atoms with E-state index in [9.17, 15) is 18.0 Å². The molecule has 0 atom stereocenters. The van der Waals surface area contributed by atoms with Crippen molar-refractivity contribution in [3.05, 3.63) is 47.8 Å². The molecule has 0 saturated heterocycles. The Bertz CT molecular complexity index is 983. The predicted molar refractivity (Wildman–Crippen MR) is 93.0 cm³/mol. The van der Waals surface area contributed by atoms with E-state index in [0.29, 0.717) is 22.7 Å². The molecule has 0 bridgehead atoms. The van der Waals surface area contributed by atoms with Crippen molar-refractivity contribution in [2.24, 2.45) is 0 Å². The number of rotatable bonds is 5. The summed E-state index contributed by atoms with van der Waals surface area (Å²) in [6, 6.07) is 9.42. The van der Waals surface area contributed by atoms with Crippen molar-refractivity contribution < 1.29 is 27.4 Å². The molecule has 2 N–H and O–H groups in total. The minimum absolute atomic E-state index is 0.0647. The van der Waals surface area contributed by atoms with Crippen LogP contribution in [0, 0.1) is 0 Å². The topological polar surface area (TPSA) is 76.2 Å². The number of halogens is 3. The standard InChI is InChI=1S/C18H16F3N3O3/c1-26-14-6-3-10(7-15(14)27-2)8-16(25)22-11-4-5-12-13(9-11)24-17(23-12)18(19,20)21/h3-7,9H,8H2,1-2H3,(H,22,25)(H,23,24). The Morgan fingerprint density at radius 1 is 1.11 bits per heavy atom. The Balaban J connectivity index is 1.74. The van der Waals surface area contributed by atoms with Gasteiger partial charge in [0.15, 0.2) is 11.5 Å². The van der Waals surface area contributed by atoms with Gasteiger partial charge in [0.05, 0.1) is 31.7 Å². The number of hydrogen-bond acceptors (Lipinski definition) is 4. The van der Waals surface area contributed by atoms with E-state index in [4.69, 9.17) is 9.47 Å². The molecule has 1 heterocycles. The number of aromatic nitrogens is 2. The van der Waals surface area contributed by atoms with Crippen LogP contribution in [0.2, 0.25) is 0 Å². The fourth-order valence-electron chi connectivity index (χ4n) is 2.60. The molecule has 0 aliphatic heterocycles. The first-order chi connectivity index (χ1) is 12.8. The smallest absolute Gasteiger partial charge is 0.449 e. The summed E-state index contributed by atoms with van der Waals surface area (Å²) in [5, 5.41) is 2.66. The van der Waals surface area contributed by atoms with Crippen LogP contribution in [0.3, 0.4) is 0 Å². The molecule has 0 saturated carbocycles. The first kappa shape index (κ1) is 18.6. The van der Waals surface area contributed by atoms with Crippen LogP contribution in [0.15, 0.2) is 36.4 Å². The first-order valence-electron chi connectivity index (χ1n) is 7.88. The van der Waals surface area contributed by atoms with Gasteiger partial charge in [0, 0.05) is 5.69 Å². The molecular formula is C18H16F3N3O3. The lowest BCUT2D eigenvalue weighted by Crippen LogP contribution is -2.14. The molecule has 2 aromatic carbocycles. The number of benzene rings is 2. The van der Waals surface area contributed by atoms with Crippen molar-refractivity contribution in [1.82, 2.24) is 9.97 Å². The maximum Gasteiger partial charge on any atom is 0.449 e. The van der Waals surface area contributed by atoms with Gasteiger partial charge in [-0.1, -0.05) is 6.07 Å². The lowest BCUT2D eigenvalue weighted by Gasteiger charge is -2.10. The van der Waals surface area contributed by atoms with E-state index in [1.165, 1.54) is 32.4 Å². The Kier molecular flexibility index (Phi) is 4.93. The van der Waals surface area contributed by atoms with Crippen molar-refractivity contribution in [1.29, 1.82) is 0 Å². The molecule has 6 nitrogen and oxygen atoms in total. The number of carbonyl (C=O) groups excluding carboxylic acids is 1.